The van der Waals surface area contributed by atoms with Gasteiger partial charge in [0.15, 0.2) is 11.0 Å². The number of nitrogens with one attached hydrogen (secondary N) is 1. The highest BCUT2D eigenvalue weighted by Gasteiger charge is 2.18. The normalized spacial score (nSPS) is 10.9. The van der Waals surface area contributed by atoms with Crippen LogP contribution in [-0.2, 0) is 22.7 Å². The number of para-hydroxylation sites is 1. The molecule has 2 heterocycles. The van der Waals surface area contributed by atoms with Gasteiger partial charge in [-0.1, -0.05) is 43.8 Å². The van der Waals surface area contributed by atoms with Gasteiger partial charge in [-0.2, -0.15) is 0 Å². The van der Waals surface area contributed by atoms with Crippen molar-refractivity contribution in [2.24, 2.45) is 5.92 Å². The maximum absolute atomic E-state index is 12.6. The van der Waals surface area contributed by atoms with Gasteiger partial charge in [0.25, 0.3) is 0 Å². The lowest BCUT2D eigenvalue weighted by Crippen LogP contribution is -2.17. The zero-order valence-corrected chi connectivity index (χ0v) is 20.6. The molecular weight excluding hydrogens is 460 g/mol. The van der Waals surface area contributed by atoms with Crippen molar-refractivity contribution in [1.82, 2.24) is 14.8 Å². The standard InChI is InChI=1S/C23H28N4O4S2/c1-4-30-22(29)18-11-13-32-21(18)24-20(28)15-33-23-26-25-19(27(23)12-10-16(2)3)14-31-17-8-6-5-7-9-17/h5-9,11,13,16H,4,10,12,14-15H2,1-3H3,(H,24,28). The minimum absolute atomic E-state index is 0.138. The molecule has 0 aliphatic carbocycles. The molecule has 0 aliphatic heterocycles. The van der Waals surface area contributed by atoms with Crippen molar-refractivity contribution in [3.63, 3.8) is 0 Å². The molecule has 1 aromatic carbocycles. The lowest BCUT2D eigenvalue weighted by atomic mass is 10.1. The summed E-state index contributed by atoms with van der Waals surface area (Å²) in [7, 11) is 0. The molecule has 0 unspecified atom stereocenters. The number of benzene rings is 1. The summed E-state index contributed by atoms with van der Waals surface area (Å²) in [6.45, 7) is 7.37. The SMILES string of the molecule is CCOC(=O)c1ccsc1NC(=O)CSc1nnc(COc2ccccc2)n1CCC(C)C. The Labute approximate surface area is 201 Å². The Morgan fingerprint density at radius 2 is 1.97 bits per heavy atom. The van der Waals surface area contributed by atoms with Crippen LogP contribution in [0.2, 0.25) is 0 Å². The fraction of sp³-hybridized carbons (Fsp3) is 0.391. The van der Waals surface area contributed by atoms with Gasteiger partial charge in [-0.05, 0) is 42.8 Å². The third-order valence-electron chi connectivity index (χ3n) is 4.58. The van der Waals surface area contributed by atoms with Gasteiger partial charge in [-0.15, -0.1) is 21.5 Å². The Kier molecular flexibility index (Phi) is 9.32. The second-order valence-electron chi connectivity index (χ2n) is 7.56. The molecule has 33 heavy (non-hydrogen) atoms. The second kappa shape index (κ2) is 12.4. The van der Waals surface area contributed by atoms with Gasteiger partial charge in [0.2, 0.25) is 5.91 Å². The van der Waals surface area contributed by atoms with E-state index in [9.17, 15) is 9.59 Å². The van der Waals surface area contributed by atoms with E-state index in [0.717, 1.165) is 18.7 Å². The van der Waals surface area contributed by atoms with E-state index < -0.39 is 5.97 Å². The van der Waals surface area contributed by atoms with Crippen molar-refractivity contribution in [2.75, 3.05) is 17.7 Å². The second-order valence-corrected chi connectivity index (χ2v) is 9.41. The summed E-state index contributed by atoms with van der Waals surface area (Å²) in [5.41, 5.74) is 0.362. The fourth-order valence-corrected chi connectivity index (χ4v) is 4.45. The number of thiophene rings is 1. The first kappa shape index (κ1) is 24.8. The molecular formula is C23H28N4O4S2. The summed E-state index contributed by atoms with van der Waals surface area (Å²) in [5, 5.41) is 14.3. The van der Waals surface area contributed by atoms with Crippen LogP contribution in [0.15, 0.2) is 46.9 Å². The fourth-order valence-electron chi connectivity index (χ4n) is 2.88. The predicted octanol–water partition coefficient (Wildman–Crippen LogP) is 4.87. The topological polar surface area (TPSA) is 95.3 Å². The molecule has 1 N–H and O–H groups in total. The Bertz CT molecular complexity index is 1050. The number of rotatable bonds is 12. The first-order chi connectivity index (χ1) is 16.0. The van der Waals surface area contributed by atoms with Crippen LogP contribution in [0, 0.1) is 5.92 Å². The average molecular weight is 489 g/mol. The molecule has 0 saturated heterocycles. The molecule has 1 amide bonds. The lowest BCUT2D eigenvalue weighted by Gasteiger charge is -2.12. The number of aromatic nitrogens is 3. The van der Waals surface area contributed by atoms with Gasteiger partial charge in [-0.25, -0.2) is 4.79 Å². The Morgan fingerprint density at radius 3 is 2.70 bits per heavy atom. The van der Waals surface area contributed by atoms with Crippen LogP contribution in [0.5, 0.6) is 5.75 Å². The van der Waals surface area contributed by atoms with Crippen LogP contribution in [0.1, 0.15) is 43.4 Å². The zero-order chi connectivity index (χ0) is 23.6. The van der Waals surface area contributed by atoms with E-state index in [1.807, 2.05) is 34.9 Å². The van der Waals surface area contributed by atoms with E-state index in [0.29, 0.717) is 34.1 Å². The van der Waals surface area contributed by atoms with E-state index in [4.69, 9.17) is 9.47 Å². The van der Waals surface area contributed by atoms with Gasteiger partial charge in [0.05, 0.1) is 17.9 Å². The van der Waals surface area contributed by atoms with Crippen molar-refractivity contribution in [3.05, 3.63) is 53.2 Å². The number of anilines is 1. The molecule has 0 saturated carbocycles. The van der Waals surface area contributed by atoms with Crippen LogP contribution in [0.3, 0.4) is 0 Å². The van der Waals surface area contributed by atoms with Crippen molar-refractivity contribution in [3.8, 4) is 5.75 Å². The predicted molar refractivity (Wildman–Crippen MR) is 130 cm³/mol. The molecule has 3 rings (SSSR count). The summed E-state index contributed by atoms with van der Waals surface area (Å²) in [5.74, 6) is 1.45. The summed E-state index contributed by atoms with van der Waals surface area (Å²) in [6, 6.07) is 11.2. The summed E-state index contributed by atoms with van der Waals surface area (Å²) < 4.78 is 12.9. The average Bonchev–Trinajstić information content (AvgIpc) is 3.42. The number of amides is 1. The van der Waals surface area contributed by atoms with Gasteiger partial charge in [0.1, 0.15) is 17.4 Å². The Balaban J connectivity index is 1.63. The molecule has 2 aromatic heterocycles. The van der Waals surface area contributed by atoms with E-state index in [-0.39, 0.29) is 18.3 Å². The number of carbonyl (C=O) groups is 2. The maximum Gasteiger partial charge on any atom is 0.341 e. The van der Waals surface area contributed by atoms with Crippen molar-refractivity contribution < 1.29 is 19.1 Å². The highest BCUT2D eigenvalue weighted by Crippen LogP contribution is 2.25. The van der Waals surface area contributed by atoms with E-state index in [1.165, 1.54) is 23.1 Å². The largest absolute Gasteiger partial charge is 0.486 e. The molecule has 0 atom stereocenters. The van der Waals surface area contributed by atoms with E-state index >= 15 is 0 Å². The number of esters is 1. The van der Waals surface area contributed by atoms with Crippen molar-refractivity contribution >= 4 is 40.0 Å². The molecule has 176 valence electrons. The first-order valence-electron chi connectivity index (χ1n) is 10.7. The van der Waals surface area contributed by atoms with Crippen LogP contribution in [0.4, 0.5) is 5.00 Å². The number of nitrogens with zero attached hydrogens (tertiary/aromatic N) is 3. The monoisotopic (exact) mass is 488 g/mol. The maximum atomic E-state index is 12.6. The molecule has 0 spiro atoms. The van der Waals surface area contributed by atoms with Gasteiger partial charge in [-0.3, -0.25) is 4.79 Å². The van der Waals surface area contributed by atoms with Crippen LogP contribution >= 0.6 is 23.1 Å². The first-order valence-corrected chi connectivity index (χ1v) is 12.6. The Morgan fingerprint density at radius 1 is 1.18 bits per heavy atom. The third-order valence-corrected chi connectivity index (χ3v) is 6.38. The Hall–Kier alpha value is -2.85. The highest BCUT2D eigenvalue weighted by atomic mass is 32.2. The smallest absolute Gasteiger partial charge is 0.341 e. The summed E-state index contributed by atoms with van der Waals surface area (Å²) in [6.07, 6.45) is 0.953. The molecule has 0 bridgehead atoms. The van der Waals surface area contributed by atoms with Gasteiger partial charge in [0, 0.05) is 6.54 Å². The highest BCUT2D eigenvalue weighted by molar-refractivity contribution is 7.99. The lowest BCUT2D eigenvalue weighted by molar-refractivity contribution is -0.113. The van der Waals surface area contributed by atoms with Gasteiger partial charge < -0.3 is 19.4 Å². The number of carbonyl (C=O) groups excluding carboxylic acids is 2. The van der Waals surface area contributed by atoms with Gasteiger partial charge >= 0.3 is 5.97 Å². The number of hydrogen-bond donors (Lipinski definition) is 1. The molecule has 8 nitrogen and oxygen atoms in total. The summed E-state index contributed by atoms with van der Waals surface area (Å²) in [4.78, 5) is 24.6. The minimum Gasteiger partial charge on any atom is -0.486 e. The van der Waals surface area contributed by atoms with Crippen molar-refractivity contribution in [1.29, 1.82) is 0 Å². The number of ether oxygens (including phenoxy) is 2. The molecule has 0 fully saturated rings. The molecule has 0 radical (unpaired) electrons. The zero-order valence-electron chi connectivity index (χ0n) is 18.9. The van der Waals surface area contributed by atoms with Crippen LogP contribution in [0.25, 0.3) is 0 Å². The van der Waals surface area contributed by atoms with E-state index in [1.54, 1.807) is 18.4 Å². The third kappa shape index (κ3) is 7.33. The quantitative estimate of drug-likeness (QED) is 0.287. The van der Waals surface area contributed by atoms with Crippen LogP contribution in [-0.4, -0.2) is 39.0 Å². The number of hydrogen-bond acceptors (Lipinski definition) is 8. The van der Waals surface area contributed by atoms with E-state index in [2.05, 4.69) is 29.4 Å². The number of thioether (sulfide) groups is 1. The van der Waals surface area contributed by atoms with Crippen LogP contribution < -0.4 is 10.1 Å². The van der Waals surface area contributed by atoms with Crippen molar-refractivity contribution in [2.45, 2.75) is 45.5 Å². The molecule has 10 heteroatoms. The summed E-state index contributed by atoms with van der Waals surface area (Å²) >= 11 is 2.59. The molecule has 0 aliphatic rings. The molecule has 3 aromatic rings. The minimum atomic E-state index is -0.446.